The first-order valence-electron chi connectivity index (χ1n) is 9.74. The largest absolute Gasteiger partial charge is 0.347 e. The number of nitrogens with zero attached hydrogens (tertiary/aromatic N) is 3. The van der Waals surface area contributed by atoms with Crippen LogP contribution in [-0.2, 0) is 17.8 Å². The molecule has 0 saturated heterocycles. The van der Waals surface area contributed by atoms with Gasteiger partial charge in [0.25, 0.3) is 0 Å². The Morgan fingerprint density at radius 3 is 2.45 bits per heavy atom. The monoisotopic (exact) mass is 393 g/mol. The molecular formula is C23H31N5O. The zero-order chi connectivity index (χ0) is 21.3. The second-order valence-electron chi connectivity index (χ2n) is 7.39. The van der Waals surface area contributed by atoms with Crippen LogP contribution in [0.1, 0.15) is 32.0 Å². The number of benzene rings is 1. The molecule has 0 fully saturated rings. The molecule has 1 aromatic heterocycles. The third-order valence-corrected chi connectivity index (χ3v) is 4.52. The fourth-order valence-corrected chi connectivity index (χ4v) is 2.85. The highest BCUT2D eigenvalue weighted by Crippen LogP contribution is 2.17. The summed E-state index contributed by atoms with van der Waals surface area (Å²) < 4.78 is 0. The number of rotatable bonds is 8. The maximum absolute atomic E-state index is 12.3. The fourth-order valence-electron chi connectivity index (χ4n) is 2.85. The van der Waals surface area contributed by atoms with Crippen LogP contribution in [0.5, 0.6) is 0 Å². The molecule has 0 aliphatic rings. The molecule has 1 aromatic carbocycles. The molecule has 1 heterocycles. The summed E-state index contributed by atoms with van der Waals surface area (Å²) in [6.45, 7) is 6.22. The van der Waals surface area contributed by atoms with E-state index in [1.54, 1.807) is 27.1 Å². The number of carbonyl (C=O) groups excluding carboxylic acids is 1. The average molecular weight is 394 g/mol. The normalized spacial score (nSPS) is 12.6. The second kappa shape index (κ2) is 10.5. The van der Waals surface area contributed by atoms with Crippen LogP contribution in [0.25, 0.3) is 0 Å². The average Bonchev–Trinajstić information content (AvgIpc) is 2.72. The number of pyridine rings is 1. The summed E-state index contributed by atoms with van der Waals surface area (Å²) in [5, 5.41) is 2.90. The van der Waals surface area contributed by atoms with Crippen molar-refractivity contribution in [2.45, 2.75) is 39.3 Å². The molecule has 0 aliphatic carbocycles. The number of nitrogens with two attached hydrogens (primary N) is 1. The molecule has 0 unspecified atom stereocenters. The SMILES string of the molecule is C/C=C(\Cc1ccccc1)N(Cc1ccccn1)C(CNC(=O)C(C)(C)N)=NC. The number of aliphatic imine (C=N–C) groups is 1. The molecule has 154 valence electrons. The van der Waals surface area contributed by atoms with Gasteiger partial charge in [-0.25, -0.2) is 0 Å². The van der Waals surface area contributed by atoms with Crippen LogP contribution in [0.4, 0.5) is 0 Å². The Hall–Kier alpha value is -2.99. The van der Waals surface area contributed by atoms with Crippen molar-refractivity contribution in [2.24, 2.45) is 10.7 Å². The van der Waals surface area contributed by atoms with E-state index in [9.17, 15) is 4.79 Å². The van der Waals surface area contributed by atoms with E-state index in [0.29, 0.717) is 6.54 Å². The van der Waals surface area contributed by atoms with Gasteiger partial charge in [0.15, 0.2) is 0 Å². The number of allylic oxidation sites excluding steroid dienone is 2. The van der Waals surface area contributed by atoms with Crippen LogP contribution >= 0.6 is 0 Å². The summed E-state index contributed by atoms with van der Waals surface area (Å²) in [6, 6.07) is 16.1. The van der Waals surface area contributed by atoms with E-state index < -0.39 is 5.54 Å². The molecule has 2 rings (SSSR count). The van der Waals surface area contributed by atoms with E-state index >= 15 is 0 Å². The van der Waals surface area contributed by atoms with E-state index in [0.717, 1.165) is 23.6 Å². The van der Waals surface area contributed by atoms with Crippen molar-refractivity contribution >= 4 is 11.7 Å². The van der Waals surface area contributed by atoms with Crippen molar-refractivity contribution in [2.75, 3.05) is 13.6 Å². The van der Waals surface area contributed by atoms with E-state index in [1.807, 2.05) is 43.3 Å². The van der Waals surface area contributed by atoms with Crippen molar-refractivity contribution in [3.63, 3.8) is 0 Å². The topological polar surface area (TPSA) is 83.6 Å². The number of hydrogen-bond acceptors (Lipinski definition) is 4. The van der Waals surface area contributed by atoms with Crippen LogP contribution < -0.4 is 11.1 Å². The van der Waals surface area contributed by atoms with E-state index in [-0.39, 0.29) is 12.5 Å². The molecule has 2 aromatic rings. The van der Waals surface area contributed by atoms with Crippen molar-refractivity contribution in [3.8, 4) is 0 Å². The summed E-state index contributed by atoms with van der Waals surface area (Å²) in [5.74, 6) is 0.527. The third-order valence-electron chi connectivity index (χ3n) is 4.52. The molecular weight excluding hydrogens is 362 g/mol. The predicted octanol–water partition coefficient (Wildman–Crippen LogP) is 2.91. The highest BCUT2D eigenvalue weighted by Gasteiger charge is 2.23. The van der Waals surface area contributed by atoms with Crippen molar-refractivity contribution in [1.29, 1.82) is 0 Å². The number of nitrogens with one attached hydrogen (secondary N) is 1. The number of carbonyl (C=O) groups is 1. The van der Waals surface area contributed by atoms with Crippen LogP contribution in [0.15, 0.2) is 71.5 Å². The predicted molar refractivity (Wildman–Crippen MR) is 118 cm³/mol. The number of amides is 1. The molecule has 0 saturated carbocycles. The lowest BCUT2D eigenvalue weighted by Crippen LogP contribution is -2.51. The van der Waals surface area contributed by atoms with Gasteiger partial charge in [-0.3, -0.25) is 14.8 Å². The summed E-state index contributed by atoms with van der Waals surface area (Å²) in [5.41, 5.74) is 8.17. The molecule has 3 N–H and O–H groups in total. The Bertz CT molecular complexity index is 839. The Labute approximate surface area is 173 Å². The summed E-state index contributed by atoms with van der Waals surface area (Å²) in [7, 11) is 1.73. The van der Waals surface area contributed by atoms with Gasteiger partial charge >= 0.3 is 0 Å². The second-order valence-corrected chi connectivity index (χ2v) is 7.39. The van der Waals surface area contributed by atoms with Crippen LogP contribution in [-0.4, -0.2) is 40.8 Å². The van der Waals surface area contributed by atoms with Gasteiger partial charge in [-0.05, 0) is 38.5 Å². The summed E-state index contributed by atoms with van der Waals surface area (Å²) in [6.07, 6.45) is 4.61. The molecule has 0 aliphatic heterocycles. The van der Waals surface area contributed by atoms with Gasteiger partial charge in [0.05, 0.1) is 24.3 Å². The lowest BCUT2D eigenvalue weighted by atomic mass is 10.1. The minimum atomic E-state index is -0.946. The highest BCUT2D eigenvalue weighted by molar-refractivity contribution is 5.92. The van der Waals surface area contributed by atoms with Gasteiger partial charge < -0.3 is 16.0 Å². The van der Waals surface area contributed by atoms with Crippen LogP contribution in [0.3, 0.4) is 0 Å². The van der Waals surface area contributed by atoms with Gasteiger partial charge in [0.1, 0.15) is 5.84 Å². The molecule has 6 nitrogen and oxygen atoms in total. The smallest absolute Gasteiger partial charge is 0.239 e. The lowest BCUT2D eigenvalue weighted by Gasteiger charge is -2.29. The first kappa shape index (κ1) is 22.3. The Balaban J connectivity index is 2.28. The minimum Gasteiger partial charge on any atom is -0.347 e. The molecule has 0 atom stereocenters. The zero-order valence-corrected chi connectivity index (χ0v) is 17.7. The van der Waals surface area contributed by atoms with Crippen molar-refractivity contribution in [1.82, 2.24) is 15.2 Å². The van der Waals surface area contributed by atoms with Crippen LogP contribution in [0.2, 0.25) is 0 Å². The third kappa shape index (κ3) is 6.84. The molecule has 29 heavy (non-hydrogen) atoms. The van der Waals surface area contributed by atoms with E-state index in [4.69, 9.17) is 5.73 Å². The van der Waals surface area contributed by atoms with Gasteiger partial charge in [0.2, 0.25) is 5.91 Å². The molecule has 0 spiro atoms. The zero-order valence-electron chi connectivity index (χ0n) is 17.7. The molecule has 6 heteroatoms. The Morgan fingerprint density at radius 2 is 1.90 bits per heavy atom. The first-order valence-corrected chi connectivity index (χ1v) is 9.74. The number of amidine groups is 1. The van der Waals surface area contributed by atoms with Gasteiger partial charge in [-0.2, -0.15) is 0 Å². The fraction of sp³-hybridized carbons (Fsp3) is 0.348. The van der Waals surface area contributed by atoms with Gasteiger partial charge in [-0.15, -0.1) is 0 Å². The maximum Gasteiger partial charge on any atom is 0.239 e. The van der Waals surface area contributed by atoms with E-state index in [2.05, 4.69) is 38.4 Å². The molecule has 1 amide bonds. The van der Waals surface area contributed by atoms with Crippen LogP contribution in [0, 0.1) is 0 Å². The van der Waals surface area contributed by atoms with Gasteiger partial charge in [0, 0.05) is 25.4 Å². The van der Waals surface area contributed by atoms with Gasteiger partial charge in [-0.1, -0.05) is 42.5 Å². The lowest BCUT2D eigenvalue weighted by molar-refractivity contribution is -0.124. The summed E-state index contributed by atoms with van der Waals surface area (Å²) >= 11 is 0. The molecule has 0 radical (unpaired) electrons. The minimum absolute atomic E-state index is 0.221. The maximum atomic E-state index is 12.3. The Kier molecular flexibility index (Phi) is 8.09. The number of aromatic nitrogens is 1. The quantitative estimate of drug-likeness (QED) is 0.534. The molecule has 0 bridgehead atoms. The van der Waals surface area contributed by atoms with E-state index in [1.165, 1.54) is 5.56 Å². The Morgan fingerprint density at radius 1 is 1.21 bits per heavy atom. The first-order chi connectivity index (χ1) is 13.8. The standard InChI is InChI=1S/C23H31N5O/c1-5-20(15-18-11-7-6-8-12-18)28(17-19-13-9-10-14-26-19)21(25-4)16-27-22(29)23(2,3)24/h5-14H,15-17,24H2,1-4H3,(H,27,29)/b20-5+,25-21?. The summed E-state index contributed by atoms with van der Waals surface area (Å²) in [4.78, 5) is 23.3. The van der Waals surface area contributed by atoms with Crippen molar-refractivity contribution < 1.29 is 4.79 Å². The van der Waals surface area contributed by atoms with Crippen molar-refractivity contribution in [3.05, 3.63) is 77.8 Å². The number of hydrogen-bond donors (Lipinski definition) is 2. The highest BCUT2D eigenvalue weighted by atomic mass is 16.2.